The SMILES string of the molecule is Fc1cc(F)c(-c2c(Cl)cccc2Cl)cc1F. The van der Waals surface area contributed by atoms with Gasteiger partial charge in [0.2, 0.25) is 0 Å². The van der Waals surface area contributed by atoms with E-state index in [1.807, 2.05) is 0 Å². The van der Waals surface area contributed by atoms with E-state index < -0.39 is 17.5 Å². The van der Waals surface area contributed by atoms with Crippen LogP contribution in [0.25, 0.3) is 11.1 Å². The molecule has 17 heavy (non-hydrogen) atoms. The molecule has 0 aromatic heterocycles. The van der Waals surface area contributed by atoms with Gasteiger partial charge in [-0.05, 0) is 18.2 Å². The third-order valence-electron chi connectivity index (χ3n) is 2.24. The average Bonchev–Trinajstić information content (AvgIpc) is 2.25. The molecule has 2 rings (SSSR count). The predicted molar refractivity (Wildman–Crippen MR) is 61.8 cm³/mol. The minimum Gasteiger partial charge on any atom is -0.206 e. The van der Waals surface area contributed by atoms with Crippen molar-refractivity contribution in [1.29, 1.82) is 0 Å². The van der Waals surface area contributed by atoms with Gasteiger partial charge < -0.3 is 0 Å². The van der Waals surface area contributed by atoms with Crippen LogP contribution in [0.4, 0.5) is 13.2 Å². The van der Waals surface area contributed by atoms with Crippen LogP contribution < -0.4 is 0 Å². The van der Waals surface area contributed by atoms with Gasteiger partial charge in [-0.3, -0.25) is 0 Å². The van der Waals surface area contributed by atoms with E-state index in [2.05, 4.69) is 0 Å². The molecule has 2 aromatic carbocycles. The van der Waals surface area contributed by atoms with Crippen LogP contribution >= 0.6 is 23.2 Å². The molecule has 0 unspecified atom stereocenters. The van der Waals surface area contributed by atoms with Gasteiger partial charge in [-0.2, -0.15) is 0 Å². The monoisotopic (exact) mass is 276 g/mol. The molecule has 0 heterocycles. The van der Waals surface area contributed by atoms with Crippen LogP contribution in [0.5, 0.6) is 0 Å². The largest absolute Gasteiger partial charge is 0.206 e. The van der Waals surface area contributed by atoms with Crippen LogP contribution in [-0.2, 0) is 0 Å². The van der Waals surface area contributed by atoms with Gasteiger partial charge >= 0.3 is 0 Å². The average molecular weight is 277 g/mol. The lowest BCUT2D eigenvalue weighted by Gasteiger charge is -2.08. The van der Waals surface area contributed by atoms with E-state index in [-0.39, 0.29) is 21.2 Å². The quantitative estimate of drug-likeness (QED) is 0.638. The van der Waals surface area contributed by atoms with Crippen LogP contribution in [0.15, 0.2) is 30.3 Å². The molecule has 88 valence electrons. The molecule has 0 bridgehead atoms. The molecular weight excluding hydrogens is 272 g/mol. The molecule has 0 aliphatic carbocycles. The van der Waals surface area contributed by atoms with E-state index in [1.54, 1.807) is 6.07 Å². The highest BCUT2D eigenvalue weighted by Crippen LogP contribution is 2.36. The summed E-state index contributed by atoms with van der Waals surface area (Å²) in [7, 11) is 0. The lowest BCUT2D eigenvalue weighted by molar-refractivity contribution is 0.496. The maximum Gasteiger partial charge on any atom is 0.161 e. The van der Waals surface area contributed by atoms with Crippen LogP contribution in [0.2, 0.25) is 10.0 Å². The second-order valence-corrected chi connectivity index (χ2v) is 4.16. The Labute approximate surface area is 106 Å². The molecule has 2 aromatic rings. The van der Waals surface area contributed by atoms with Crippen molar-refractivity contribution < 1.29 is 13.2 Å². The molecule has 0 amide bonds. The smallest absolute Gasteiger partial charge is 0.161 e. The Balaban J connectivity index is 2.73. The fourth-order valence-electron chi connectivity index (χ4n) is 1.47. The third kappa shape index (κ3) is 2.26. The van der Waals surface area contributed by atoms with Gasteiger partial charge in [0.1, 0.15) is 5.82 Å². The zero-order chi connectivity index (χ0) is 12.6. The first kappa shape index (κ1) is 12.3. The van der Waals surface area contributed by atoms with Crippen LogP contribution in [-0.4, -0.2) is 0 Å². The Bertz CT molecular complexity index is 562. The Morgan fingerprint density at radius 1 is 0.765 bits per heavy atom. The summed E-state index contributed by atoms with van der Waals surface area (Å²) in [5, 5.41) is 0.338. The first-order valence-corrected chi connectivity index (χ1v) is 5.35. The number of hydrogen-bond acceptors (Lipinski definition) is 0. The zero-order valence-corrected chi connectivity index (χ0v) is 9.79. The van der Waals surface area contributed by atoms with E-state index >= 15 is 0 Å². The van der Waals surface area contributed by atoms with Crippen LogP contribution in [0, 0.1) is 17.5 Å². The van der Waals surface area contributed by atoms with Crippen molar-refractivity contribution in [2.75, 3.05) is 0 Å². The summed E-state index contributed by atoms with van der Waals surface area (Å²) >= 11 is 11.7. The molecule has 0 N–H and O–H groups in total. The van der Waals surface area contributed by atoms with E-state index in [0.717, 1.165) is 6.07 Å². The van der Waals surface area contributed by atoms with E-state index in [4.69, 9.17) is 23.2 Å². The first-order chi connectivity index (χ1) is 8.00. The molecule has 0 aliphatic rings. The molecule has 0 saturated heterocycles. The molecule has 0 spiro atoms. The van der Waals surface area contributed by atoms with E-state index in [9.17, 15) is 13.2 Å². The summed E-state index contributed by atoms with van der Waals surface area (Å²) < 4.78 is 39.4. The van der Waals surface area contributed by atoms with Gasteiger partial charge in [0.05, 0.1) is 0 Å². The van der Waals surface area contributed by atoms with Crippen molar-refractivity contribution in [2.24, 2.45) is 0 Å². The summed E-state index contributed by atoms with van der Waals surface area (Å²) in [6.45, 7) is 0. The molecule has 0 saturated carbocycles. The topological polar surface area (TPSA) is 0 Å². The minimum atomic E-state index is -1.26. The zero-order valence-electron chi connectivity index (χ0n) is 8.28. The summed E-state index contributed by atoms with van der Waals surface area (Å²) in [5.74, 6) is -3.33. The molecule has 0 atom stereocenters. The number of rotatable bonds is 1. The van der Waals surface area contributed by atoms with Gasteiger partial charge in [0, 0.05) is 27.2 Å². The third-order valence-corrected chi connectivity index (χ3v) is 2.87. The summed E-state index contributed by atoms with van der Waals surface area (Å²) in [6.07, 6.45) is 0. The lowest BCUT2D eigenvalue weighted by Crippen LogP contribution is -1.92. The fraction of sp³-hybridized carbons (Fsp3) is 0. The Morgan fingerprint density at radius 3 is 1.88 bits per heavy atom. The number of hydrogen-bond donors (Lipinski definition) is 0. The van der Waals surface area contributed by atoms with Crippen molar-refractivity contribution >= 4 is 23.2 Å². The van der Waals surface area contributed by atoms with Crippen LogP contribution in [0.3, 0.4) is 0 Å². The Kier molecular flexibility index (Phi) is 3.31. The van der Waals surface area contributed by atoms with Gasteiger partial charge in [-0.1, -0.05) is 29.3 Å². The van der Waals surface area contributed by atoms with Gasteiger partial charge in [-0.25, -0.2) is 13.2 Å². The molecule has 5 heteroatoms. The summed E-state index contributed by atoms with van der Waals surface area (Å²) in [5.41, 5.74) is -0.0215. The molecule has 0 radical (unpaired) electrons. The van der Waals surface area contributed by atoms with Gasteiger partial charge in [0.15, 0.2) is 11.6 Å². The number of benzene rings is 2. The molecular formula is C12H5Cl2F3. The fourth-order valence-corrected chi connectivity index (χ4v) is 2.07. The molecule has 0 aliphatic heterocycles. The highest BCUT2D eigenvalue weighted by molar-refractivity contribution is 6.39. The highest BCUT2D eigenvalue weighted by atomic mass is 35.5. The minimum absolute atomic E-state index is 0.146. The standard InChI is InChI=1S/C12H5Cl2F3/c13-7-2-1-3-8(14)12(7)6-4-10(16)11(17)5-9(6)15/h1-5H. The second kappa shape index (κ2) is 4.59. The second-order valence-electron chi connectivity index (χ2n) is 3.34. The first-order valence-electron chi connectivity index (χ1n) is 4.59. The maximum absolute atomic E-state index is 13.6. The summed E-state index contributed by atoms with van der Waals surface area (Å²) in [6, 6.07) is 5.75. The van der Waals surface area contributed by atoms with Crippen molar-refractivity contribution in [2.45, 2.75) is 0 Å². The predicted octanol–water partition coefficient (Wildman–Crippen LogP) is 5.08. The Hall–Kier alpha value is -1.19. The van der Waals surface area contributed by atoms with E-state index in [1.165, 1.54) is 12.1 Å². The van der Waals surface area contributed by atoms with Crippen molar-refractivity contribution in [3.05, 3.63) is 57.8 Å². The maximum atomic E-state index is 13.6. The normalized spacial score (nSPS) is 10.6. The Morgan fingerprint density at radius 2 is 1.29 bits per heavy atom. The van der Waals surface area contributed by atoms with E-state index in [0.29, 0.717) is 6.07 Å². The molecule has 0 fully saturated rings. The van der Waals surface area contributed by atoms with Crippen LogP contribution in [0.1, 0.15) is 0 Å². The lowest BCUT2D eigenvalue weighted by atomic mass is 10.0. The van der Waals surface area contributed by atoms with Crippen molar-refractivity contribution in [3.8, 4) is 11.1 Å². The molecule has 0 nitrogen and oxygen atoms in total. The highest BCUT2D eigenvalue weighted by Gasteiger charge is 2.16. The van der Waals surface area contributed by atoms with Gasteiger partial charge in [-0.15, -0.1) is 0 Å². The van der Waals surface area contributed by atoms with Crippen molar-refractivity contribution in [3.63, 3.8) is 0 Å². The van der Waals surface area contributed by atoms with Crippen molar-refractivity contribution in [1.82, 2.24) is 0 Å². The number of halogens is 5. The van der Waals surface area contributed by atoms with Gasteiger partial charge in [0.25, 0.3) is 0 Å². The summed E-state index contributed by atoms with van der Waals surface area (Å²) in [4.78, 5) is 0.